The van der Waals surface area contributed by atoms with Crippen LogP contribution in [0.25, 0.3) is 0 Å². The van der Waals surface area contributed by atoms with Gasteiger partial charge in [-0.25, -0.2) is 0 Å². The van der Waals surface area contributed by atoms with Crippen LogP contribution in [-0.2, 0) is 4.79 Å². The molecule has 1 saturated heterocycles. The summed E-state index contributed by atoms with van der Waals surface area (Å²) in [6, 6.07) is 0. The Bertz CT molecular complexity index is 233. The third-order valence-corrected chi connectivity index (χ3v) is 4.50. The van der Waals surface area contributed by atoms with E-state index in [0.29, 0.717) is 23.5 Å². The fourth-order valence-electron chi connectivity index (χ4n) is 3.44. The standard InChI is InChI=1S/C14H25NO/c1-2-12-5-3-4-6-13(12)14(16)9-11-7-8-15-10-11/h11-13,15H,2-10H2,1H3. The maximum Gasteiger partial charge on any atom is 0.136 e. The Balaban J connectivity index is 1.86. The van der Waals surface area contributed by atoms with Gasteiger partial charge in [0.25, 0.3) is 0 Å². The molecule has 0 amide bonds. The second-order valence-corrected chi connectivity index (χ2v) is 5.59. The molecule has 0 radical (unpaired) electrons. The Kier molecular flexibility index (Phi) is 4.39. The van der Waals surface area contributed by atoms with Crippen molar-refractivity contribution in [3.8, 4) is 0 Å². The SMILES string of the molecule is CCC1CCCCC1C(=O)CC1CCNC1. The average Bonchev–Trinajstić information content (AvgIpc) is 2.81. The van der Waals surface area contributed by atoms with Gasteiger partial charge in [0.15, 0.2) is 0 Å². The van der Waals surface area contributed by atoms with Crippen LogP contribution in [0.4, 0.5) is 0 Å². The maximum absolute atomic E-state index is 12.3. The van der Waals surface area contributed by atoms with Gasteiger partial charge in [-0.3, -0.25) is 4.79 Å². The highest BCUT2D eigenvalue weighted by molar-refractivity contribution is 5.81. The van der Waals surface area contributed by atoms with Crippen LogP contribution in [0.3, 0.4) is 0 Å². The molecular formula is C14H25NO. The number of ketones is 1. The summed E-state index contributed by atoms with van der Waals surface area (Å²) in [5, 5.41) is 3.35. The van der Waals surface area contributed by atoms with Gasteiger partial charge in [-0.1, -0.05) is 26.2 Å². The van der Waals surface area contributed by atoms with E-state index in [1.54, 1.807) is 0 Å². The van der Waals surface area contributed by atoms with Crippen molar-refractivity contribution in [1.82, 2.24) is 5.32 Å². The van der Waals surface area contributed by atoms with Crippen LogP contribution in [0.5, 0.6) is 0 Å². The van der Waals surface area contributed by atoms with Crippen molar-refractivity contribution >= 4 is 5.78 Å². The molecule has 1 saturated carbocycles. The molecule has 2 heteroatoms. The Morgan fingerprint density at radius 2 is 2.06 bits per heavy atom. The van der Waals surface area contributed by atoms with Crippen molar-refractivity contribution < 1.29 is 4.79 Å². The van der Waals surface area contributed by atoms with E-state index in [4.69, 9.17) is 0 Å². The first kappa shape index (κ1) is 12.1. The van der Waals surface area contributed by atoms with Crippen molar-refractivity contribution in [2.75, 3.05) is 13.1 Å². The Morgan fingerprint density at radius 3 is 2.75 bits per heavy atom. The summed E-state index contributed by atoms with van der Waals surface area (Å²) in [6.07, 6.45) is 8.30. The molecule has 92 valence electrons. The molecule has 1 aliphatic heterocycles. The van der Waals surface area contributed by atoms with E-state index in [1.807, 2.05) is 0 Å². The van der Waals surface area contributed by atoms with Crippen LogP contribution in [0, 0.1) is 17.8 Å². The van der Waals surface area contributed by atoms with Gasteiger partial charge in [-0.05, 0) is 44.2 Å². The normalized spacial score (nSPS) is 35.2. The molecule has 0 aromatic carbocycles. The van der Waals surface area contributed by atoms with Crippen LogP contribution >= 0.6 is 0 Å². The summed E-state index contributed by atoms with van der Waals surface area (Å²) < 4.78 is 0. The van der Waals surface area contributed by atoms with Gasteiger partial charge in [0.1, 0.15) is 5.78 Å². The quantitative estimate of drug-likeness (QED) is 0.794. The molecule has 1 heterocycles. The van der Waals surface area contributed by atoms with Crippen molar-refractivity contribution in [2.45, 2.75) is 51.9 Å². The molecule has 0 bridgehead atoms. The average molecular weight is 223 g/mol. The van der Waals surface area contributed by atoms with Gasteiger partial charge in [-0.15, -0.1) is 0 Å². The van der Waals surface area contributed by atoms with E-state index < -0.39 is 0 Å². The summed E-state index contributed by atoms with van der Waals surface area (Å²) in [7, 11) is 0. The first-order valence-corrected chi connectivity index (χ1v) is 7.04. The lowest BCUT2D eigenvalue weighted by Crippen LogP contribution is -2.28. The third kappa shape index (κ3) is 2.85. The monoisotopic (exact) mass is 223 g/mol. The van der Waals surface area contributed by atoms with Gasteiger partial charge in [-0.2, -0.15) is 0 Å². The molecular weight excluding hydrogens is 198 g/mol. The van der Waals surface area contributed by atoms with Crippen molar-refractivity contribution in [3.05, 3.63) is 0 Å². The molecule has 2 rings (SSSR count). The molecule has 0 aromatic rings. The highest BCUT2D eigenvalue weighted by atomic mass is 16.1. The van der Waals surface area contributed by atoms with E-state index in [0.717, 1.165) is 25.9 Å². The minimum atomic E-state index is 0.402. The minimum Gasteiger partial charge on any atom is -0.316 e. The lowest BCUT2D eigenvalue weighted by Gasteiger charge is -2.30. The van der Waals surface area contributed by atoms with Crippen LogP contribution in [0.1, 0.15) is 51.9 Å². The van der Waals surface area contributed by atoms with E-state index in [-0.39, 0.29) is 0 Å². The molecule has 2 fully saturated rings. The highest BCUT2D eigenvalue weighted by Crippen LogP contribution is 2.34. The molecule has 2 aliphatic rings. The van der Waals surface area contributed by atoms with Crippen molar-refractivity contribution in [1.29, 1.82) is 0 Å². The van der Waals surface area contributed by atoms with E-state index in [2.05, 4.69) is 12.2 Å². The minimum absolute atomic E-state index is 0.402. The molecule has 3 atom stereocenters. The largest absolute Gasteiger partial charge is 0.316 e. The van der Waals surface area contributed by atoms with Gasteiger partial charge in [0.2, 0.25) is 0 Å². The number of Topliss-reactive ketones (excluding diaryl/α,β-unsaturated/α-hetero) is 1. The second kappa shape index (κ2) is 5.81. The molecule has 16 heavy (non-hydrogen) atoms. The zero-order chi connectivity index (χ0) is 11.4. The number of carbonyl (C=O) groups excluding carboxylic acids is 1. The Hall–Kier alpha value is -0.370. The number of nitrogens with one attached hydrogen (secondary N) is 1. The summed E-state index contributed by atoms with van der Waals surface area (Å²) in [5.41, 5.74) is 0. The highest BCUT2D eigenvalue weighted by Gasteiger charge is 2.31. The molecule has 0 spiro atoms. The van der Waals surface area contributed by atoms with Crippen LogP contribution in [-0.4, -0.2) is 18.9 Å². The fraction of sp³-hybridized carbons (Fsp3) is 0.929. The number of hydrogen-bond donors (Lipinski definition) is 1. The lowest BCUT2D eigenvalue weighted by atomic mass is 9.74. The van der Waals surface area contributed by atoms with E-state index in [9.17, 15) is 4.79 Å². The summed E-state index contributed by atoms with van der Waals surface area (Å²) in [6.45, 7) is 4.42. The van der Waals surface area contributed by atoms with Gasteiger partial charge < -0.3 is 5.32 Å². The van der Waals surface area contributed by atoms with Crippen LogP contribution in [0.15, 0.2) is 0 Å². The smallest absolute Gasteiger partial charge is 0.136 e. The van der Waals surface area contributed by atoms with Crippen LogP contribution < -0.4 is 5.32 Å². The fourth-order valence-corrected chi connectivity index (χ4v) is 3.44. The topological polar surface area (TPSA) is 29.1 Å². The van der Waals surface area contributed by atoms with E-state index in [1.165, 1.54) is 32.1 Å². The van der Waals surface area contributed by atoms with Crippen LogP contribution in [0.2, 0.25) is 0 Å². The third-order valence-electron chi connectivity index (χ3n) is 4.50. The first-order valence-electron chi connectivity index (χ1n) is 7.04. The number of hydrogen-bond acceptors (Lipinski definition) is 2. The maximum atomic E-state index is 12.3. The Morgan fingerprint density at radius 1 is 1.25 bits per heavy atom. The number of rotatable bonds is 4. The lowest BCUT2D eigenvalue weighted by molar-refractivity contribution is -0.126. The summed E-state index contributed by atoms with van der Waals surface area (Å²) >= 11 is 0. The second-order valence-electron chi connectivity index (χ2n) is 5.59. The molecule has 2 nitrogen and oxygen atoms in total. The molecule has 1 aliphatic carbocycles. The molecule has 1 N–H and O–H groups in total. The van der Waals surface area contributed by atoms with Crippen molar-refractivity contribution in [3.63, 3.8) is 0 Å². The molecule has 3 unspecified atom stereocenters. The van der Waals surface area contributed by atoms with Gasteiger partial charge >= 0.3 is 0 Å². The predicted molar refractivity (Wildman–Crippen MR) is 66.3 cm³/mol. The van der Waals surface area contributed by atoms with E-state index >= 15 is 0 Å². The Labute approximate surface area is 99.2 Å². The van der Waals surface area contributed by atoms with Crippen molar-refractivity contribution in [2.24, 2.45) is 17.8 Å². The number of carbonyl (C=O) groups is 1. The first-order chi connectivity index (χ1) is 7.81. The van der Waals surface area contributed by atoms with Gasteiger partial charge in [0, 0.05) is 12.3 Å². The summed E-state index contributed by atoms with van der Waals surface area (Å²) in [4.78, 5) is 12.3. The predicted octanol–water partition coefficient (Wildman–Crippen LogP) is 2.77. The zero-order valence-electron chi connectivity index (χ0n) is 10.5. The van der Waals surface area contributed by atoms with Gasteiger partial charge in [0.05, 0.1) is 0 Å². The zero-order valence-corrected chi connectivity index (χ0v) is 10.5. The molecule has 0 aromatic heterocycles. The summed E-state index contributed by atoms with van der Waals surface area (Å²) in [5.74, 6) is 2.29.